The van der Waals surface area contributed by atoms with Gasteiger partial charge in [0.15, 0.2) is 0 Å². The second-order valence-electron chi connectivity index (χ2n) is 11.4. The van der Waals surface area contributed by atoms with Gasteiger partial charge in [0.25, 0.3) is 0 Å². The van der Waals surface area contributed by atoms with E-state index in [1.54, 1.807) is 12.4 Å². The number of benzene rings is 4. The van der Waals surface area contributed by atoms with E-state index in [0.717, 1.165) is 77.3 Å². The van der Waals surface area contributed by atoms with E-state index >= 15 is 0 Å². The molecule has 4 aromatic carbocycles. The van der Waals surface area contributed by atoms with Crippen molar-refractivity contribution in [2.75, 3.05) is 0 Å². The zero-order valence-electron chi connectivity index (χ0n) is 25.1. The van der Waals surface area contributed by atoms with Crippen molar-refractivity contribution >= 4 is 54.8 Å². The predicted molar refractivity (Wildman–Crippen MR) is 185 cm³/mol. The van der Waals surface area contributed by atoms with E-state index in [4.69, 9.17) is 14.7 Å². The second kappa shape index (κ2) is 11.1. The summed E-state index contributed by atoms with van der Waals surface area (Å²) in [4.78, 5) is 19.1. The summed E-state index contributed by atoms with van der Waals surface area (Å²) in [6.45, 7) is 0. The van der Waals surface area contributed by atoms with Gasteiger partial charge >= 0.3 is 21.1 Å². The second-order valence-corrected chi connectivity index (χ2v) is 11.4. The van der Waals surface area contributed by atoms with Crippen molar-refractivity contribution in [3.8, 4) is 34.0 Å². The average Bonchev–Trinajstić information content (AvgIpc) is 3.82. The van der Waals surface area contributed by atoms with E-state index in [1.807, 2.05) is 79.3 Å². The smallest absolute Gasteiger partial charge is 0.497 e. The number of imidazole rings is 2. The topological polar surface area (TPSA) is 69.6 Å². The number of hydrogen-bond acceptors (Lipinski definition) is 5. The summed E-state index contributed by atoms with van der Waals surface area (Å²) in [5.41, 5.74) is 7.42. The molecule has 6 aromatic heterocycles. The summed E-state index contributed by atoms with van der Waals surface area (Å²) in [5.74, 6) is 1.13. The first-order valence-corrected chi connectivity index (χ1v) is 15.3. The van der Waals surface area contributed by atoms with Gasteiger partial charge in [0.05, 0.1) is 22.7 Å². The van der Waals surface area contributed by atoms with E-state index in [1.165, 1.54) is 0 Å². The van der Waals surface area contributed by atoms with Crippen LogP contribution in [0.4, 0.5) is 0 Å². The molecule has 7 nitrogen and oxygen atoms in total. The maximum atomic E-state index is 6.45. The molecule has 10 rings (SSSR count). The number of pyridine rings is 4. The number of nitrogens with zero attached hydrogens (tertiary/aromatic N) is 6. The van der Waals surface area contributed by atoms with Crippen molar-refractivity contribution in [2.24, 2.45) is 0 Å². The number of ether oxygens (including phenoxy) is 1. The Balaban J connectivity index is 0.00000314. The predicted octanol–water partition coefficient (Wildman–Crippen LogP) is 9.11. The zero-order chi connectivity index (χ0) is 30.9. The average molecular weight is 798 g/mol. The molecule has 6 heterocycles. The van der Waals surface area contributed by atoms with Gasteiger partial charge in [-0.2, -0.15) is 0 Å². The monoisotopic (exact) mass is 797 g/mol. The van der Waals surface area contributed by atoms with Gasteiger partial charge in [-0.3, -0.25) is 15.0 Å². The SMILES string of the molecule is [Pt+2].[c-]1c(Oc2[c-]c3c(cc2)c2ccc(-c4ccccc4)nc2n2c(-c4ccccc4)cnc32)ccc2c1c1nccn1c1ccncc21. The quantitative estimate of drug-likeness (QED) is 0.131. The Morgan fingerprint density at radius 2 is 1.25 bits per heavy atom. The molecule has 0 spiro atoms. The Bertz CT molecular complexity index is 2830. The van der Waals surface area contributed by atoms with Crippen LogP contribution in [0.1, 0.15) is 0 Å². The molecular weight excluding hydrogens is 776 g/mol. The number of fused-ring (bicyclic) bond motifs is 12. The molecule has 0 aliphatic rings. The van der Waals surface area contributed by atoms with E-state index < -0.39 is 0 Å². The molecule has 0 saturated carbocycles. The molecule has 0 radical (unpaired) electrons. The standard InChI is InChI=1S/C40H22N6O.Pt/c1-3-7-25(8-4-1)35-16-15-31-29-13-11-28(22-33(29)39-43-24-37(46(39)40(31)44-35)26-9-5-2-6-10-26)47-27-12-14-30-32(21-27)38-42-19-20-45(38)36-17-18-41-23-34(30)36;/h1-20,23-24H;/q-2;+2. The van der Waals surface area contributed by atoms with Crippen LogP contribution >= 0.6 is 0 Å². The van der Waals surface area contributed by atoms with Gasteiger partial charge in [0, 0.05) is 53.6 Å². The minimum atomic E-state index is 0. The Kier molecular flexibility index (Phi) is 6.56. The van der Waals surface area contributed by atoms with Gasteiger partial charge in [0.1, 0.15) is 5.65 Å². The molecule has 0 amide bonds. The third kappa shape index (κ3) is 4.32. The van der Waals surface area contributed by atoms with Crippen molar-refractivity contribution in [3.63, 3.8) is 0 Å². The van der Waals surface area contributed by atoms with Gasteiger partial charge in [-0.05, 0) is 28.5 Å². The number of rotatable bonds is 4. The molecule has 0 atom stereocenters. The van der Waals surface area contributed by atoms with Crippen LogP contribution in [0.2, 0.25) is 0 Å². The molecule has 10 aromatic rings. The summed E-state index contributed by atoms with van der Waals surface area (Å²) in [6.07, 6.45) is 9.34. The van der Waals surface area contributed by atoms with Crippen molar-refractivity contribution in [3.05, 3.63) is 146 Å². The summed E-state index contributed by atoms with van der Waals surface area (Å²) in [6, 6.07) is 41.7. The van der Waals surface area contributed by atoms with E-state index in [9.17, 15) is 0 Å². The third-order valence-electron chi connectivity index (χ3n) is 8.77. The molecule has 0 unspecified atom stereocenters. The Labute approximate surface area is 288 Å². The van der Waals surface area contributed by atoms with Crippen LogP contribution in [-0.2, 0) is 21.1 Å². The van der Waals surface area contributed by atoms with Gasteiger partial charge in [-0.25, -0.2) is 4.98 Å². The van der Waals surface area contributed by atoms with Crippen molar-refractivity contribution in [1.29, 1.82) is 0 Å². The fourth-order valence-electron chi connectivity index (χ4n) is 6.63. The molecule has 0 saturated heterocycles. The summed E-state index contributed by atoms with van der Waals surface area (Å²) < 4.78 is 10.6. The first kappa shape index (κ1) is 28.3. The van der Waals surface area contributed by atoms with Crippen LogP contribution < -0.4 is 4.74 Å². The zero-order valence-corrected chi connectivity index (χ0v) is 27.4. The molecule has 0 N–H and O–H groups in total. The van der Waals surface area contributed by atoms with Gasteiger partial charge < -0.3 is 13.5 Å². The Hall–Kier alpha value is -5.91. The minimum absolute atomic E-state index is 0. The van der Waals surface area contributed by atoms with E-state index in [2.05, 4.69) is 73.4 Å². The fraction of sp³-hybridized carbons (Fsp3) is 0. The Morgan fingerprint density at radius 3 is 2.02 bits per heavy atom. The third-order valence-corrected chi connectivity index (χ3v) is 8.77. The summed E-state index contributed by atoms with van der Waals surface area (Å²) in [5, 5.41) is 5.76. The molecule has 0 aliphatic carbocycles. The molecule has 8 heteroatoms. The number of hydrogen-bond donors (Lipinski definition) is 0. The van der Waals surface area contributed by atoms with Crippen molar-refractivity contribution < 1.29 is 25.8 Å². The van der Waals surface area contributed by atoms with Crippen molar-refractivity contribution in [1.82, 2.24) is 28.7 Å². The minimum Gasteiger partial charge on any atom is -0.497 e. The molecule has 0 fully saturated rings. The van der Waals surface area contributed by atoms with Crippen LogP contribution in [0.15, 0.2) is 134 Å². The first-order chi connectivity index (χ1) is 23.3. The van der Waals surface area contributed by atoms with Crippen LogP contribution in [-0.4, -0.2) is 28.7 Å². The van der Waals surface area contributed by atoms with Crippen LogP contribution in [0.3, 0.4) is 0 Å². The van der Waals surface area contributed by atoms with E-state index in [0.29, 0.717) is 11.5 Å². The Morgan fingerprint density at radius 1 is 0.562 bits per heavy atom. The molecular formula is C40H22N6OPt. The first-order valence-electron chi connectivity index (χ1n) is 15.3. The summed E-state index contributed by atoms with van der Waals surface area (Å²) in [7, 11) is 0. The maximum absolute atomic E-state index is 6.45. The maximum Gasteiger partial charge on any atom is 2.00 e. The normalized spacial score (nSPS) is 11.6. The fourth-order valence-corrected chi connectivity index (χ4v) is 6.63. The molecule has 0 bridgehead atoms. The molecule has 228 valence electrons. The van der Waals surface area contributed by atoms with Crippen LogP contribution in [0, 0.1) is 12.1 Å². The molecule has 48 heavy (non-hydrogen) atoms. The van der Waals surface area contributed by atoms with Crippen LogP contribution in [0.5, 0.6) is 11.5 Å². The van der Waals surface area contributed by atoms with Crippen LogP contribution in [0.25, 0.3) is 77.3 Å². The summed E-state index contributed by atoms with van der Waals surface area (Å²) >= 11 is 0. The van der Waals surface area contributed by atoms with Crippen molar-refractivity contribution in [2.45, 2.75) is 0 Å². The van der Waals surface area contributed by atoms with Gasteiger partial charge in [0.2, 0.25) is 0 Å². The van der Waals surface area contributed by atoms with E-state index in [-0.39, 0.29) is 21.1 Å². The largest absolute Gasteiger partial charge is 2.00 e. The van der Waals surface area contributed by atoms with Gasteiger partial charge in [-0.1, -0.05) is 113 Å². The van der Waals surface area contributed by atoms with Gasteiger partial charge in [-0.15, -0.1) is 12.1 Å². The molecule has 0 aliphatic heterocycles. The number of aromatic nitrogens is 6.